The van der Waals surface area contributed by atoms with Gasteiger partial charge in [0.2, 0.25) is 15.9 Å². The normalized spacial score (nSPS) is 18.9. The van der Waals surface area contributed by atoms with E-state index in [1.54, 1.807) is 31.4 Å². The molecule has 2 saturated heterocycles. The minimum Gasteiger partial charge on any atom is -0.497 e. The van der Waals surface area contributed by atoms with Crippen LogP contribution < -0.4 is 4.74 Å². The maximum Gasteiger partial charge on any atom is 0.243 e. The molecule has 8 nitrogen and oxygen atoms in total. The number of carbonyl (C=O) groups is 1. The highest BCUT2D eigenvalue weighted by Gasteiger charge is 2.34. The number of benzene rings is 1. The molecule has 0 saturated carbocycles. The van der Waals surface area contributed by atoms with Gasteiger partial charge in [-0.2, -0.15) is 4.31 Å². The minimum absolute atomic E-state index is 0.101. The van der Waals surface area contributed by atoms with Crippen molar-refractivity contribution < 1.29 is 17.9 Å². The summed E-state index contributed by atoms with van der Waals surface area (Å²) in [4.78, 5) is 21.7. The van der Waals surface area contributed by atoms with E-state index in [9.17, 15) is 13.2 Å². The van der Waals surface area contributed by atoms with Crippen LogP contribution in [-0.4, -0.2) is 86.3 Å². The van der Waals surface area contributed by atoms with E-state index in [1.165, 1.54) is 9.87 Å². The Bertz CT molecular complexity index is 1010. The lowest BCUT2D eigenvalue weighted by Gasteiger charge is -2.38. The summed E-state index contributed by atoms with van der Waals surface area (Å²) in [6, 6.07) is 10.5. The predicted molar refractivity (Wildman–Crippen MR) is 125 cm³/mol. The van der Waals surface area contributed by atoms with Gasteiger partial charge in [0.15, 0.2) is 0 Å². The molecule has 9 heteroatoms. The summed E-state index contributed by atoms with van der Waals surface area (Å²) in [7, 11) is -2.01. The van der Waals surface area contributed by atoms with Crippen molar-refractivity contribution in [2.75, 3.05) is 52.9 Å². The van der Waals surface area contributed by atoms with Crippen molar-refractivity contribution in [3.63, 3.8) is 0 Å². The molecule has 2 aromatic rings. The van der Waals surface area contributed by atoms with Gasteiger partial charge in [0, 0.05) is 64.1 Å². The number of ether oxygens (including phenoxy) is 1. The molecule has 0 spiro atoms. The van der Waals surface area contributed by atoms with Gasteiger partial charge in [0.1, 0.15) is 5.75 Å². The minimum atomic E-state index is -3.56. The number of hydrogen-bond acceptors (Lipinski definition) is 6. The van der Waals surface area contributed by atoms with Crippen LogP contribution in [0, 0.1) is 5.92 Å². The Morgan fingerprint density at radius 3 is 2.21 bits per heavy atom. The van der Waals surface area contributed by atoms with Crippen LogP contribution in [0.1, 0.15) is 18.4 Å². The van der Waals surface area contributed by atoms with Crippen LogP contribution in [0.3, 0.4) is 0 Å². The number of piperidine rings is 1. The van der Waals surface area contributed by atoms with E-state index in [0.29, 0.717) is 31.7 Å². The summed E-state index contributed by atoms with van der Waals surface area (Å²) >= 11 is 0. The van der Waals surface area contributed by atoms with Gasteiger partial charge in [-0.3, -0.25) is 14.7 Å². The number of aromatic nitrogens is 1. The molecule has 0 unspecified atom stereocenters. The highest BCUT2D eigenvalue weighted by molar-refractivity contribution is 7.89. The van der Waals surface area contributed by atoms with E-state index >= 15 is 0 Å². The second-order valence-corrected chi connectivity index (χ2v) is 10.6. The molecule has 1 aromatic carbocycles. The molecule has 4 rings (SSSR count). The first-order valence-corrected chi connectivity index (χ1v) is 13.0. The maximum absolute atomic E-state index is 13.1. The van der Waals surface area contributed by atoms with E-state index in [0.717, 1.165) is 39.1 Å². The molecule has 0 atom stereocenters. The Morgan fingerprint density at radius 2 is 1.61 bits per heavy atom. The van der Waals surface area contributed by atoms with Gasteiger partial charge in [0.25, 0.3) is 0 Å². The summed E-state index contributed by atoms with van der Waals surface area (Å²) in [6.07, 6.45) is 5.75. The molecule has 3 heterocycles. The number of rotatable bonds is 7. The fourth-order valence-electron chi connectivity index (χ4n) is 4.53. The van der Waals surface area contributed by atoms with Crippen LogP contribution in [0.15, 0.2) is 53.7 Å². The van der Waals surface area contributed by atoms with Crippen LogP contribution in [0.25, 0.3) is 0 Å². The Morgan fingerprint density at radius 1 is 0.970 bits per heavy atom. The second kappa shape index (κ2) is 10.6. The van der Waals surface area contributed by atoms with Crippen LogP contribution in [0.4, 0.5) is 0 Å². The average Bonchev–Trinajstić information content (AvgIpc) is 2.88. The number of nitrogens with zero attached hydrogens (tertiary/aromatic N) is 4. The van der Waals surface area contributed by atoms with Gasteiger partial charge in [-0.15, -0.1) is 0 Å². The van der Waals surface area contributed by atoms with Gasteiger partial charge in [0.05, 0.1) is 12.0 Å². The number of hydrogen-bond donors (Lipinski definition) is 0. The van der Waals surface area contributed by atoms with Crippen molar-refractivity contribution in [3.8, 4) is 5.75 Å². The predicted octanol–water partition coefficient (Wildman–Crippen LogP) is 1.88. The highest BCUT2D eigenvalue weighted by atomic mass is 32.2. The van der Waals surface area contributed by atoms with Crippen molar-refractivity contribution in [2.24, 2.45) is 5.92 Å². The van der Waals surface area contributed by atoms with Crippen LogP contribution in [0.2, 0.25) is 0 Å². The summed E-state index contributed by atoms with van der Waals surface area (Å²) < 4.78 is 32.5. The number of pyridine rings is 1. The third-order valence-corrected chi connectivity index (χ3v) is 8.56. The first kappa shape index (κ1) is 23.7. The molecular weight excluding hydrogens is 440 g/mol. The molecule has 2 fully saturated rings. The number of carbonyl (C=O) groups excluding carboxylic acids is 1. The first-order valence-electron chi connectivity index (χ1n) is 11.5. The quantitative estimate of drug-likeness (QED) is 0.612. The van der Waals surface area contributed by atoms with Crippen molar-refractivity contribution >= 4 is 15.9 Å². The van der Waals surface area contributed by atoms with E-state index in [2.05, 4.69) is 9.88 Å². The molecule has 1 amide bonds. The van der Waals surface area contributed by atoms with E-state index in [-0.39, 0.29) is 16.7 Å². The SMILES string of the molecule is COc1ccc(S(=O)(=O)N2CCC(C(=O)N3CCN(CCc4ccncc4)CC3)CC2)cc1. The molecule has 2 aliphatic heterocycles. The monoisotopic (exact) mass is 472 g/mol. The maximum atomic E-state index is 13.1. The largest absolute Gasteiger partial charge is 0.497 e. The molecule has 0 bridgehead atoms. The topological polar surface area (TPSA) is 83.0 Å². The van der Waals surface area contributed by atoms with Gasteiger partial charge in [-0.05, 0) is 61.2 Å². The molecule has 0 radical (unpaired) electrons. The van der Waals surface area contributed by atoms with E-state index in [1.807, 2.05) is 29.4 Å². The van der Waals surface area contributed by atoms with E-state index in [4.69, 9.17) is 4.74 Å². The zero-order valence-corrected chi connectivity index (χ0v) is 19.9. The smallest absolute Gasteiger partial charge is 0.243 e. The van der Waals surface area contributed by atoms with Gasteiger partial charge >= 0.3 is 0 Å². The lowest BCUT2D eigenvalue weighted by molar-refractivity contribution is -0.138. The third-order valence-electron chi connectivity index (χ3n) is 6.65. The van der Waals surface area contributed by atoms with E-state index < -0.39 is 10.0 Å². The third kappa shape index (κ3) is 5.72. The number of amides is 1. The molecule has 1 aromatic heterocycles. The van der Waals surface area contributed by atoms with Gasteiger partial charge in [-0.1, -0.05) is 0 Å². The molecule has 0 N–H and O–H groups in total. The summed E-state index contributed by atoms with van der Waals surface area (Å²) in [5.41, 5.74) is 1.28. The zero-order chi connectivity index (χ0) is 23.3. The average molecular weight is 473 g/mol. The van der Waals surface area contributed by atoms with Crippen LogP contribution in [-0.2, 0) is 21.2 Å². The molecule has 178 valence electrons. The fraction of sp³-hybridized carbons (Fsp3) is 0.500. The molecular formula is C24H32N4O4S. The molecule has 0 aliphatic carbocycles. The summed E-state index contributed by atoms with van der Waals surface area (Å²) in [5.74, 6) is 0.691. The lowest BCUT2D eigenvalue weighted by atomic mass is 9.96. The van der Waals surface area contributed by atoms with Crippen molar-refractivity contribution in [1.82, 2.24) is 19.1 Å². The van der Waals surface area contributed by atoms with Crippen molar-refractivity contribution in [1.29, 1.82) is 0 Å². The Hall–Kier alpha value is -2.49. The second-order valence-electron chi connectivity index (χ2n) is 8.63. The Labute approximate surface area is 196 Å². The van der Waals surface area contributed by atoms with Gasteiger partial charge in [-0.25, -0.2) is 8.42 Å². The first-order chi connectivity index (χ1) is 16.0. The molecule has 2 aliphatic rings. The molecule has 33 heavy (non-hydrogen) atoms. The zero-order valence-electron chi connectivity index (χ0n) is 19.1. The van der Waals surface area contributed by atoms with Gasteiger partial charge < -0.3 is 9.64 Å². The lowest BCUT2D eigenvalue weighted by Crippen LogP contribution is -2.52. The Kier molecular flexibility index (Phi) is 7.62. The Balaban J connectivity index is 1.24. The van der Waals surface area contributed by atoms with Crippen LogP contribution in [0.5, 0.6) is 5.75 Å². The standard InChI is InChI=1S/C24H32N4O4S/c1-32-22-2-4-23(5-3-22)33(30,31)28-14-9-21(10-15-28)24(29)27-18-16-26(17-19-27)13-8-20-6-11-25-12-7-20/h2-7,11-12,21H,8-10,13-19H2,1H3. The summed E-state index contributed by atoms with van der Waals surface area (Å²) in [5, 5.41) is 0. The van der Waals surface area contributed by atoms with Crippen molar-refractivity contribution in [3.05, 3.63) is 54.4 Å². The number of methoxy groups -OCH3 is 1. The number of piperazine rings is 1. The van der Waals surface area contributed by atoms with Crippen molar-refractivity contribution in [2.45, 2.75) is 24.2 Å². The number of sulfonamides is 1. The summed E-state index contributed by atoms with van der Waals surface area (Å²) in [6.45, 7) is 4.95. The van der Waals surface area contributed by atoms with Crippen LogP contribution >= 0.6 is 0 Å². The highest BCUT2D eigenvalue weighted by Crippen LogP contribution is 2.26. The fourth-order valence-corrected chi connectivity index (χ4v) is 6.00.